The van der Waals surface area contributed by atoms with Crippen LogP contribution in [0.25, 0.3) is 0 Å². The molecule has 0 saturated carbocycles. The maximum Gasteiger partial charge on any atom is 0.389 e. The van der Waals surface area contributed by atoms with Crippen LogP contribution in [0.3, 0.4) is 0 Å². The lowest BCUT2D eigenvalue weighted by Crippen LogP contribution is -2.18. The van der Waals surface area contributed by atoms with Gasteiger partial charge in [-0.3, -0.25) is 0 Å². The Morgan fingerprint density at radius 3 is 0.721 bits per heavy atom. The topological polar surface area (TPSA) is 0 Å². The lowest BCUT2D eigenvalue weighted by molar-refractivity contribution is -0.152. The van der Waals surface area contributed by atoms with Crippen LogP contribution in [0.2, 0.25) is 0 Å². The molecule has 0 heterocycles. The smallest absolute Gasteiger partial charge is 0.211 e. The SMILES string of the molecule is CC(C)(C)CC(F)(F)F.CC(C)(C)CC(F)F.CC(C)(C)CS.CCC(C)(C)C.CCCC(C)(C)C.CCCC(C)(C)C. The van der Waals surface area contributed by atoms with Gasteiger partial charge >= 0.3 is 6.18 Å². The average molecular weight is 653 g/mol. The summed E-state index contributed by atoms with van der Waals surface area (Å²) in [5, 5.41) is 0. The summed E-state index contributed by atoms with van der Waals surface area (Å²) >= 11 is 4.10. The molecule has 0 nitrogen and oxygen atoms in total. The molecule has 0 spiro atoms. The second kappa shape index (κ2) is 25.1. The molecular formula is C37H81F5S. The van der Waals surface area contributed by atoms with Crippen molar-refractivity contribution in [3.63, 3.8) is 0 Å². The van der Waals surface area contributed by atoms with Crippen molar-refractivity contribution < 1.29 is 22.0 Å². The van der Waals surface area contributed by atoms with Gasteiger partial charge in [0.05, 0.1) is 0 Å². The molecule has 0 saturated heterocycles. The average Bonchev–Trinajstić information content (AvgIpc) is 2.62. The molecule has 0 rings (SSSR count). The zero-order valence-corrected chi connectivity index (χ0v) is 34.0. The van der Waals surface area contributed by atoms with E-state index in [1.165, 1.54) is 32.1 Å². The standard InChI is InChI=1S/2C7H16.C6H11F3.C6H12F2.C6H14.C5H12S/c2*1-5-6-7(2,3)4;1-5(2,3)4-6(7,8)9;1-6(2,3)4-5(7)8;1-5-6(2,3)4;1-5(2,3)4-6/h2*5-6H2,1-4H3;4H2,1-3H3;5H,4H2,1-3H3;5H2,1-4H3;6H,4H2,1-3H3. The third kappa shape index (κ3) is 108. The first kappa shape index (κ1) is 55.4. The highest BCUT2D eigenvalue weighted by Crippen LogP contribution is 2.32. The van der Waals surface area contributed by atoms with E-state index in [1.54, 1.807) is 41.5 Å². The number of thiol groups is 1. The fraction of sp³-hybridized carbons (Fsp3) is 1.00. The summed E-state index contributed by atoms with van der Waals surface area (Å²) in [7, 11) is 0. The molecule has 0 aliphatic carbocycles. The molecule has 0 aromatic rings. The number of hydrogen-bond acceptors (Lipinski definition) is 1. The van der Waals surface area contributed by atoms with Gasteiger partial charge in [0.25, 0.3) is 0 Å². The first-order valence-electron chi connectivity index (χ1n) is 16.3. The number of hydrogen-bond donors (Lipinski definition) is 1. The Labute approximate surface area is 275 Å². The van der Waals surface area contributed by atoms with E-state index in [1.807, 2.05) is 0 Å². The zero-order chi connectivity index (χ0) is 36.7. The van der Waals surface area contributed by atoms with E-state index in [-0.39, 0.29) is 11.8 Å². The highest BCUT2D eigenvalue weighted by Gasteiger charge is 2.33. The Morgan fingerprint density at radius 2 is 0.721 bits per heavy atom. The Kier molecular flexibility index (Phi) is 32.4. The van der Waals surface area contributed by atoms with Gasteiger partial charge in [-0.25, -0.2) is 8.78 Å². The van der Waals surface area contributed by atoms with E-state index in [9.17, 15) is 22.0 Å². The molecule has 0 atom stereocenters. The van der Waals surface area contributed by atoms with Gasteiger partial charge in [-0.15, -0.1) is 0 Å². The van der Waals surface area contributed by atoms with Crippen molar-refractivity contribution in [3.05, 3.63) is 0 Å². The minimum Gasteiger partial charge on any atom is -0.211 e. The predicted molar refractivity (Wildman–Crippen MR) is 192 cm³/mol. The van der Waals surface area contributed by atoms with Gasteiger partial charge in [0.1, 0.15) is 0 Å². The molecular weight excluding hydrogens is 571 g/mol. The second-order valence-corrected chi connectivity index (χ2v) is 19.1. The summed E-state index contributed by atoms with van der Waals surface area (Å²) in [4.78, 5) is 0. The third-order valence-electron chi connectivity index (χ3n) is 5.03. The van der Waals surface area contributed by atoms with Crippen molar-refractivity contribution in [2.24, 2.45) is 32.5 Å². The summed E-state index contributed by atoms with van der Waals surface area (Å²) in [6.45, 7) is 43.7. The highest BCUT2D eigenvalue weighted by atomic mass is 32.1. The molecule has 0 aliphatic rings. The molecule has 43 heavy (non-hydrogen) atoms. The summed E-state index contributed by atoms with van der Waals surface area (Å²) in [5.41, 5.74) is 1.18. The first-order chi connectivity index (χ1) is 18.4. The largest absolute Gasteiger partial charge is 0.389 e. The van der Waals surface area contributed by atoms with E-state index >= 15 is 0 Å². The maximum absolute atomic E-state index is 11.6. The summed E-state index contributed by atoms with van der Waals surface area (Å²) < 4.78 is 57.7. The third-order valence-corrected chi connectivity index (χ3v) is 5.98. The van der Waals surface area contributed by atoms with Crippen LogP contribution in [0.15, 0.2) is 0 Å². The monoisotopic (exact) mass is 653 g/mol. The molecule has 0 radical (unpaired) electrons. The van der Waals surface area contributed by atoms with Crippen LogP contribution in [0.5, 0.6) is 0 Å². The lowest BCUT2D eigenvalue weighted by Gasteiger charge is -2.19. The fourth-order valence-corrected chi connectivity index (χ4v) is 2.56. The van der Waals surface area contributed by atoms with Crippen molar-refractivity contribution in [3.8, 4) is 0 Å². The maximum atomic E-state index is 11.6. The lowest BCUT2D eigenvalue weighted by atomic mass is 9.91. The van der Waals surface area contributed by atoms with Gasteiger partial charge in [0, 0.05) is 12.8 Å². The van der Waals surface area contributed by atoms with Crippen LogP contribution in [-0.4, -0.2) is 18.4 Å². The number of alkyl halides is 5. The molecule has 270 valence electrons. The van der Waals surface area contributed by atoms with E-state index in [0.717, 1.165) is 5.75 Å². The van der Waals surface area contributed by atoms with Crippen molar-refractivity contribution >= 4 is 12.6 Å². The van der Waals surface area contributed by atoms with Gasteiger partial charge in [-0.1, -0.05) is 165 Å². The Bertz CT molecular complexity index is 526. The minimum atomic E-state index is -4.02. The van der Waals surface area contributed by atoms with Gasteiger partial charge in [-0.2, -0.15) is 25.8 Å². The fourth-order valence-electron chi connectivity index (χ4n) is 2.56. The molecule has 0 unspecified atom stereocenters. The molecule has 6 heteroatoms. The predicted octanol–water partition coefficient (Wildman–Crippen LogP) is 15.7. The van der Waals surface area contributed by atoms with E-state index in [0.29, 0.717) is 21.7 Å². The van der Waals surface area contributed by atoms with Crippen LogP contribution in [0, 0.1) is 32.5 Å². The normalized spacial score (nSPS) is 12.6. The molecule has 0 bridgehead atoms. The zero-order valence-electron chi connectivity index (χ0n) is 33.1. The van der Waals surface area contributed by atoms with Crippen LogP contribution in [0.1, 0.15) is 190 Å². The second-order valence-electron chi connectivity index (χ2n) is 18.8. The molecule has 0 aromatic carbocycles. The first-order valence-corrected chi connectivity index (χ1v) is 17.0. The van der Waals surface area contributed by atoms with E-state index in [2.05, 4.69) is 116 Å². The Morgan fingerprint density at radius 1 is 0.465 bits per heavy atom. The molecule has 0 N–H and O–H groups in total. The summed E-state index contributed by atoms with van der Waals surface area (Å²) in [5.74, 6) is 0.965. The molecule has 0 aromatic heterocycles. The van der Waals surface area contributed by atoms with Crippen LogP contribution in [0.4, 0.5) is 22.0 Å². The van der Waals surface area contributed by atoms with Crippen molar-refractivity contribution in [2.75, 3.05) is 5.75 Å². The van der Waals surface area contributed by atoms with Crippen LogP contribution < -0.4 is 0 Å². The number of rotatable bonds is 3. The Balaban J connectivity index is -0.0000000961. The molecule has 0 amide bonds. The van der Waals surface area contributed by atoms with Crippen molar-refractivity contribution in [2.45, 2.75) is 203 Å². The van der Waals surface area contributed by atoms with Crippen molar-refractivity contribution in [1.82, 2.24) is 0 Å². The van der Waals surface area contributed by atoms with E-state index in [4.69, 9.17) is 0 Å². The van der Waals surface area contributed by atoms with Crippen LogP contribution in [-0.2, 0) is 0 Å². The Hall–Kier alpha value is -0.0000000000000000555. The molecule has 0 aliphatic heterocycles. The van der Waals surface area contributed by atoms with Gasteiger partial charge in [0.15, 0.2) is 0 Å². The van der Waals surface area contributed by atoms with Crippen molar-refractivity contribution in [1.29, 1.82) is 0 Å². The summed E-state index contributed by atoms with van der Waals surface area (Å²) in [6, 6.07) is 0. The summed E-state index contributed by atoms with van der Waals surface area (Å²) in [6.07, 6.45) is -0.319. The number of halogens is 5. The van der Waals surface area contributed by atoms with Gasteiger partial charge < -0.3 is 0 Å². The minimum absolute atomic E-state index is 0.00694. The van der Waals surface area contributed by atoms with Crippen LogP contribution >= 0.6 is 12.6 Å². The van der Waals surface area contributed by atoms with Gasteiger partial charge in [0.2, 0.25) is 6.43 Å². The van der Waals surface area contributed by atoms with Gasteiger partial charge in [-0.05, 0) is 51.1 Å². The quantitative estimate of drug-likeness (QED) is 0.228. The highest BCUT2D eigenvalue weighted by molar-refractivity contribution is 7.80. The molecule has 0 fully saturated rings. The van der Waals surface area contributed by atoms with E-state index < -0.39 is 24.4 Å².